The number of alkyl carbamates (subject to hydrolysis) is 1. The van der Waals surface area contributed by atoms with Crippen LogP contribution in [0.1, 0.15) is 40.0 Å². The van der Waals surface area contributed by atoms with E-state index in [4.69, 9.17) is 9.47 Å². The largest absolute Gasteiger partial charge is 0.488 e. The number of carbonyl (C=O) groups excluding carboxylic acids is 1. The second kappa shape index (κ2) is 6.69. The third-order valence-corrected chi connectivity index (χ3v) is 3.78. The maximum atomic E-state index is 11.9. The molecule has 4 nitrogen and oxygen atoms in total. The van der Waals surface area contributed by atoms with Gasteiger partial charge in [-0.05, 0) is 64.3 Å². The molecule has 0 saturated heterocycles. The van der Waals surface area contributed by atoms with Crippen LogP contribution in [0.5, 0.6) is 5.75 Å². The topological polar surface area (TPSA) is 47.6 Å². The molecule has 0 aromatic heterocycles. The molecule has 0 spiro atoms. The Kier molecular flexibility index (Phi) is 5.14. The number of hydrogen-bond acceptors (Lipinski definition) is 3. The monoisotopic (exact) mass is 355 g/mol. The van der Waals surface area contributed by atoms with Gasteiger partial charge in [0.05, 0.1) is 6.04 Å². The first-order valence-corrected chi connectivity index (χ1v) is 8.04. The highest BCUT2D eigenvalue weighted by Crippen LogP contribution is 2.26. The molecule has 116 valence electrons. The van der Waals surface area contributed by atoms with E-state index < -0.39 is 5.60 Å². The van der Waals surface area contributed by atoms with Crippen LogP contribution in [0.4, 0.5) is 4.79 Å². The van der Waals surface area contributed by atoms with Crippen molar-refractivity contribution in [1.29, 1.82) is 0 Å². The Balaban J connectivity index is 1.91. The highest BCUT2D eigenvalue weighted by Gasteiger charge is 2.31. The van der Waals surface area contributed by atoms with Crippen molar-refractivity contribution >= 4 is 22.0 Å². The van der Waals surface area contributed by atoms with Gasteiger partial charge in [0.2, 0.25) is 0 Å². The first-order valence-electron chi connectivity index (χ1n) is 7.25. The molecular weight excluding hydrogens is 334 g/mol. The normalized spacial score (nSPS) is 21.9. The van der Waals surface area contributed by atoms with E-state index in [-0.39, 0.29) is 18.2 Å². The lowest BCUT2D eigenvalue weighted by Crippen LogP contribution is -2.44. The maximum Gasteiger partial charge on any atom is 0.408 e. The number of rotatable bonds is 3. The molecule has 1 saturated carbocycles. The predicted molar refractivity (Wildman–Crippen MR) is 85.6 cm³/mol. The molecule has 1 N–H and O–H groups in total. The Morgan fingerprint density at radius 2 is 1.90 bits per heavy atom. The Labute approximate surface area is 134 Å². The first-order chi connectivity index (χ1) is 9.83. The number of halogens is 1. The van der Waals surface area contributed by atoms with Gasteiger partial charge in [0.1, 0.15) is 17.5 Å². The highest BCUT2D eigenvalue weighted by atomic mass is 79.9. The van der Waals surface area contributed by atoms with Crippen LogP contribution < -0.4 is 10.1 Å². The zero-order valence-corrected chi connectivity index (χ0v) is 14.3. The first kappa shape index (κ1) is 16.1. The molecule has 2 rings (SSSR count). The Morgan fingerprint density at radius 3 is 2.52 bits per heavy atom. The number of amides is 1. The number of ether oxygens (including phenoxy) is 2. The van der Waals surface area contributed by atoms with E-state index in [2.05, 4.69) is 21.2 Å². The Hall–Kier alpha value is -1.23. The van der Waals surface area contributed by atoms with Crippen LogP contribution in [0.25, 0.3) is 0 Å². The van der Waals surface area contributed by atoms with E-state index >= 15 is 0 Å². The molecule has 1 aromatic rings. The van der Waals surface area contributed by atoms with Crippen molar-refractivity contribution in [2.75, 3.05) is 0 Å². The fourth-order valence-electron chi connectivity index (χ4n) is 2.38. The van der Waals surface area contributed by atoms with Crippen LogP contribution in [0, 0.1) is 0 Å². The molecule has 1 fully saturated rings. The van der Waals surface area contributed by atoms with Crippen molar-refractivity contribution in [2.45, 2.75) is 57.8 Å². The molecule has 1 aromatic carbocycles. The van der Waals surface area contributed by atoms with Crippen LogP contribution in [-0.4, -0.2) is 23.8 Å². The van der Waals surface area contributed by atoms with Crippen LogP contribution in [0.15, 0.2) is 28.7 Å². The van der Waals surface area contributed by atoms with Gasteiger partial charge in [-0.15, -0.1) is 0 Å². The minimum Gasteiger partial charge on any atom is -0.488 e. The molecule has 0 radical (unpaired) electrons. The summed E-state index contributed by atoms with van der Waals surface area (Å²) in [6.45, 7) is 5.57. The number of carbonyl (C=O) groups is 1. The van der Waals surface area contributed by atoms with Crippen molar-refractivity contribution in [1.82, 2.24) is 5.32 Å². The number of hydrogen-bond donors (Lipinski definition) is 1. The van der Waals surface area contributed by atoms with Crippen molar-refractivity contribution in [2.24, 2.45) is 0 Å². The van der Waals surface area contributed by atoms with Gasteiger partial charge in [0.25, 0.3) is 0 Å². The second-order valence-corrected chi connectivity index (χ2v) is 7.21. The second-order valence-electron chi connectivity index (χ2n) is 6.29. The molecule has 21 heavy (non-hydrogen) atoms. The zero-order valence-electron chi connectivity index (χ0n) is 12.7. The summed E-state index contributed by atoms with van der Waals surface area (Å²) in [7, 11) is 0. The van der Waals surface area contributed by atoms with E-state index in [0.29, 0.717) is 0 Å². The van der Waals surface area contributed by atoms with Crippen molar-refractivity contribution in [3.05, 3.63) is 28.7 Å². The van der Waals surface area contributed by atoms with Gasteiger partial charge in [-0.1, -0.05) is 15.9 Å². The fraction of sp³-hybridized carbons (Fsp3) is 0.562. The van der Waals surface area contributed by atoms with E-state index in [1.54, 1.807) is 0 Å². The fourth-order valence-corrected chi connectivity index (χ4v) is 2.64. The smallest absolute Gasteiger partial charge is 0.408 e. The SMILES string of the molecule is CC(C)(C)OC(=O)NC1CCCC1Oc1ccc(Br)cc1. The number of benzene rings is 1. The average Bonchev–Trinajstić information content (AvgIpc) is 2.77. The molecule has 1 amide bonds. The van der Waals surface area contributed by atoms with Gasteiger partial charge < -0.3 is 14.8 Å². The molecule has 1 aliphatic rings. The van der Waals surface area contributed by atoms with E-state index in [1.165, 1.54) is 0 Å². The lowest BCUT2D eigenvalue weighted by Gasteiger charge is -2.25. The minimum absolute atomic E-state index is 0.00121. The Bertz CT molecular complexity index is 481. The van der Waals surface area contributed by atoms with Gasteiger partial charge in [-0.25, -0.2) is 4.79 Å². The highest BCUT2D eigenvalue weighted by molar-refractivity contribution is 9.10. The standard InChI is InChI=1S/C16H22BrNO3/c1-16(2,3)21-15(19)18-13-5-4-6-14(13)20-12-9-7-11(17)8-10-12/h7-10,13-14H,4-6H2,1-3H3,(H,18,19). The van der Waals surface area contributed by atoms with Crippen LogP contribution in [0.2, 0.25) is 0 Å². The minimum atomic E-state index is -0.481. The number of nitrogens with one attached hydrogen (secondary N) is 1. The third-order valence-electron chi connectivity index (χ3n) is 3.26. The molecule has 0 heterocycles. The van der Waals surface area contributed by atoms with E-state index in [1.807, 2.05) is 45.0 Å². The lowest BCUT2D eigenvalue weighted by molar-refractivity contribution is 0.0464. The van der Waals surface area contributed by atoms with Crippen molar-refractivity contribution in [3.8, 4) is 5.75 Å². The molecule has 5 heteroatoms. The maximum absolute atomic E-state index is 11.9. The molecule has 0 bridgehead atoms. The third kappa shape index (κ3) is 5.23. The summed E-state index contributed by atoms with van der Waals surface area (Å²) in [6, 6.07) is 7.74. The summed E-state index contributed by atoms with van der Waals surface area (Å²) in [6.07, 6.45) is 2.52. The van der Waals surface area contributed by atoms with Crippen LogP contribution >= 0.6 is 15.9 Å². The van der Waals surface area contributed by atoms with Gasteiger partial charge >= 0.3 is 6.09 Å². The van der Waals surface area contributed by atoms with Gasteiger partial charge in [0, 0.05) is 4.47 Å². The lowest BCUT2D eigenvalue weighted by atomic mass is 10.2. The van der Waals surface area contributed by atoms with Gasteiger partial charge in [0.15, 0.2) is 0 Å². The molecular formula is C16H22BrNO3. The van der Waals surface area contributed by atoms with Crippen molar-refractivity contribution in [3.63, 3.8) is 0 Å². The molecule has 0 aliphatic heterocycles. The summed E-state index contributed by atoms with van der Waals surface area (Å²) in [4.78, 5) is 11.9. The zero-order chi connectivity index (χ0) is 15.5. The molecule has 2 unspecified atom stereocenters. The Morgan fingerprint density at radius 1 is 1.24 bits per heavy atom. The summed E-state index contributed by atoms with van der Waals surface area (Å²) < 4.78 is 12.3. The molecule has 1 aliphatic carbocycles. The average molecular weight is 356 g/mol. The predicted octanol–water partition coefficient (Wildman–Crippen LogP) is 4.27. The quantitative estimate of drug-likeness (QED) is 0.880. The summed E-state index contributed by atoms with van der Waals surface area (Å²) in [5, 5.41) is 2.92. The molecule has 2 atom stereocenters. The van der Waals surface area contributed by atoms with Gasteiger partial charge in [-0.3, -0.25) is 0 Å². The van der Waals surface area contributed by atoms with Crippen LogP contribution in [-0.2, 0) is 4.74 Å². The summed E-state index contributed by atoms with van der Waals surface area (Å²) in [5.74, 6) is 0.820. The van der Waals surface area contributed by atoms with Crippen LogP contribution in [0.3, 0.4) is 0 Å². The van der Waals surface area contributed by atoms with E-state index in [9.17, 15) is 4.79 Å². The summed E-state index contributed by atoms with van der Waals surface area (Å²) in [5.41, 5.74) is -0.481. The van der Waals surface area contributed by atoms with Crippen molar-refractivity contribution < 1.29 is 14.3 Å². The summed E-state index contributed by atoms with van der Waals surface area (Å²) >= 11 is 3.40. The van der Waals surface area contributed by atoms with Gasteiger partial charge in [-0.2, -0.15) is 0 Å². The van der Waals surface area contributed by atoms with E-state index in [0.717, 1.165) is 29.5 Å².